The highest BCUT2D eigenvalue weighted by atomic mass is 35.5. The van der Waals surface area contributed by atoms with Gasteiger partial charge in [0.15, 0.2) is 0 Å². The van der Waals surface area contributed by atoms with Crippen molar-refractivity contribution in [3.05, 3.63) is 82.1 Å². The van der Waals surface area contributed by atoms with Crippen LogP contribution < -0.4 is 4.72 Å². The zero-order valence-electron chi connectivity index (χ0n) is 23.7. The molecule has 2 aromatic carbocycles. The summed E-state index contributed by atoms with van der Waals surface area (Å²) in [5.41, 5.74) is 3.54. The first-order valence-corrected chi connectivity index (χ1v) is 17.3. The summed E-state index contributed by atoms with van der Waals surface area (Å²) in [6.45, 7) is 2.94. The quantitative estimate of drug-likeness (QED) is 0.210. The van der Waals surface area contributed by atoms with Crippen molar-refractivity contribution in [1.82, 2.24) is 14.0 Å². The number of carbonyl (C=O) groups is 2. The van der Waals surface area contributed by atoms with Gasteiger partial charge in [0.1, 0.15) is 17.2 Å². The molecule has 2 N–H and O–H groups in total. The molecule has 0 saturated heterocycles. The molecule has 0 radical (unpaired) electrons. The fourth-order valence-electron chi connectivity index (χ4n) is 4.52. The van der Waals surface area contributed by atoms with Gasteiger partial charge in [-0.15, -0.1) is 0 Å². The molecule has 43 heavy (non-hydrogen) atoms. The van der Waals surface area contributed by atoms with E-state index in [0.29, 0.717) is 0 Å². The molecule has 1 heterocycles. The second-order valence-electron chi connectivity index (χ2n) is 9.94. The van der Waals surface area contributed by atoms with Gasteiger partial charge in [-0.1, -0.05) is 47.5 Å². The number of aryl methyl sites for hydroxylation is 1. The van der Waals surface area contributed by atoms with E-state index in [9.17, 15) is 26.4 Å². The summed E-state index contributed by atoms with van der Waals surface area (Å²) in [6.07, 6.45) is 3.58. The highest BCUT2D eigenvalue weighted by Gasteiger charge is 2.32. The van der Waals surface area contributed by atoms with Crippen LogP contribution in [0.25, 0.3) is 11.1 Å². The second-order valence-corrected chi connectivity index (χ2v) is 14.5. The summed E-state index contributed by atoms with van der Waals surface area (Å²) in [6, 6.07) is 13.1. The van der Waals surface area contributed by atoms with Crippen LogP contribution in [0.3, 0.4) is 0 Å². The number of pyridine rings is 1. The SMILES string of the molecule is Cc1cnccc1-c1cccc([C@H](C)N(CCCC(=O)CCCS(=O)(=O)NCC(=O)O)S(=O)(=O)c2cccc(Cl)c2Cl)c1. The summed E-state index contributed by atoms with van der Waals surface area (Å²) in [5.74, 6) is -1.95. The summed E-state index contributed by atoms with van der Waals surface area (Å²) >= 11 is 12.5. The van der Waals surface area contributed by atoms with Crippen molar-refractivity contribution in [2.75, 3.05) is 18.8 Å². The van der Waals surface area contributed by atoms with E-state index in [2.05, 4.69) is 4.98 Å². The molecule has 0 amide bonds. The third-order valence-electron chi connectivity index (χ3n) is 6.78. The molecule has 0 saturated carbocycles. The van der Waals surface area contributed by atoms with Gasteiger partial charge in [-0.05, 0) is 73.2 Å². The van der Waals surface area contributed by atoms with Gasteiger partial charge in [0.2, 0.25) is 20.0 Å². The van der Waals surface area contributed by atoms with Crippen LogP contribution in [0, 0.1) is 6.92 Å². The lowest BCUT2D eigenvalue weighted by Crippen LogP contribution is -2.35. The number of nitrogens with one attached hydrogen (secondary N) is 1. The van der Waals surface area contributed by atoms with Crippen molar-refractivity contribution in [3.8, 4) is 11.1 Å². The molecule has 3 rings (SSSR count). The number of nitrogens with zero attached hydrogens (tertiary/aromatic N) is 2. The number of Topliss-reactive ketones (excluding diaryl/α,β-unsaturated/α-hetero) is 1. The van der Waals surface area contributed by atoms with E-state index in [0.717, 1.165) is 22.3 Å². The van der Waals surface area contributed by atoms with Crippen LogP contribution in [0.4, 0.5) is 0 Å². The van der Waals surface area contributed by atoms with Crippen molar-refractivity contribution < 1.29 is 31.5 Å². The van der Waals surface area contributed by atoms with Gasteiger partial charge < -0.3 is 5.11 Å². The molecule has 1 atom stereocenters. The first-order valence-electron chi connectivity index (χ1n) is 13.4. The maximum absolute atomic E-state index is 14.0. The summed E-state index contributed by atoms with van der Waals surface area (Å²) in [5, 5.41) is 8.63. The van der Waals surface area contributed by atoms with Crippen LogP contribution in [0.5, 0.6) is 0 Å². The van der Waals surface area contributed by atoms with Crippen LogP contribution in [0.1, 0.15) is 49.8 Å². The normalized spacial score (nSPS) is 12.8. The highest BCUT2D eigenvalue weighted by Crippen LogP contribution is 2.36. The fourth-order valence-corrected chi connectivity index (χ4v) is 7.93. The van der Waals surface area contributed by atoms with E-state index in [1.54, 1.807) is 19.3 Å². The Morgan fingerprint density at radius 3 is 2.42 bits per heavy atom. The molecule has 14 heteroatoms. The molecular weight excluding hydrogens is 637 g/mol. The molecule has 0 aliphatic rings. The lowest BCUT2D eigenvalue weighted by molar-refractivity contribution is -0.135. The van der Waals surface area contributed by atoms with Gasteiger partial charge in [-0.2, -0.15) is 4.31 Å². The zero-order chi connectivity index (χ0) is 31.8. The van der Waals surface area contributed by atoms with E-state index < -0.39 is 44.4 Å². The molecule has 0 fully saturated rings. The molecule has 0 bridgehead atoms. The predicted molar refractivity (Wildman–Crippen MR) is 166 cm³/mol. The van der Waals surface area contributed by atoms with E-state index in [4.69, 9.17) is 28.3 Å². The maximum Gasteiger partial charge on any atom is 0.318 e. The Hall–Kier alpha value is -2.87. The summed E-state index contributed by atoms with van der Waals surface area (Å²) < 4.78 is 54.9. The zero-order valence-corrected chi connectivity index (χ0v) is 26.8. The maximum atomic E-state index is 14.0. The number of aliphatic carboxylic acids is 1. The number of carboxylic acids is 1. The first-order chi connectivity index (χ1) is 20.2. The number of benzene rings is 2. The Bertz CT molecular complexity index is 1680. The number of hydrogen-bond acceptors (Lipinski definition) is 7. The van der Waals surface area contributed by atoms with Crippen LogP contribution in [0.15, 0.2) is 65.8 Å². The van der Waals surface area contributed by atoms with Gasteiger partial charge in [-0.3, -0.25) is 14.6 Å². The van der Waals surface area contributed by atoms with Gasteiger partial charge in [0.05, 0.1) is 15.8 Å². The van der Waals surface area contributed by atoms with Crippen LogP contribution in [0.2, 0.25) is 10.0 Å². The number of ketones is 1. The van der Waals surface area contributed by atoms with Crippen molar-refractivity contribution in [2.45, 2.75) is 50.5 Å². The number of carbonyl (C=O) groups excluding carboxylic acids is 1. The first kappa shape index (κ1) is 34.6. The minimum Gasteiger partial charge on any atom is -0.480 e. The van der Waals surface area contributed by atoms with E-state index in [1.165, 1.54) is 22.5 Å². The molecule has 10 nitrogen and oxygen atoms in total. The number of halogens is 2. The van der Waals surface area contributed by atoms with Crippen LogP contribution in [-0.2, 0) is 29.6 Å². The summed E-state index contributed by atoms with van der Waals surface area (Å²) in [7, 11) is -8.00. The average Bonchev–Trinajstić information content (AvgIpc) is 2.95. The van der Waals surface area contributed by atoms with Gasteiger partial charge >= 0.3 is 5.97 Å². The Morgan fingerprint density at radius 2 is 1.72 bits per heavy atom. The molecular formula is C29H33Cl2N3O7S2. The number of aromatic nitrogens is 1. The van der Waals surface area contributed by atoms with E-state index in [-0.39, 0.29) is 53.0 Å². The fraction of sp³-hybridized carbons (Fsp3) is 0.345. The standard InChI is InChI=1S/C29H33Cl2N3O7S2/c1-20-18-32-14-13-25(20)23-8-3-7-22(17-23)21(2)34(43(40,41)27-12-4-11-26(30)29(27)31)15-5-9-24(35)10-6-16-42(38,39)33-19-28(36)37/h3-4,7-8,11-14,17-18,21,33H,5-6,9-10,15-16,19H2,1-2H3,(H,36,37)/t21-/m0/s1. The predicted octanol–water partition coefficient (Wildman–Crippen LogP) is 5.25. The van der Waals surface area contributed by atoms with Gasteiger partial charge in [0.25, 0.3) is 0 Å². The number of rotatable bonds is 16. The molecule has 3 aromatic rings. The number of hydrogen-bond donors (Lipinski definition) is 2. The third kappa shape index (κ3) is 9.56. The number of sulfonamides is 2. The Kier molecular flexibility index (Phi) is 12.3. The molecule has 232 valence electrons. The van der Waals surface area contributed by atoms with Crippen molar-refractivity contribution in [1.29, 1.82) is 0 Å². The topological polar surface area (TPSA) is 151 Å². The number of carboxylic acid groups (broad SMARTS) is 1. The van der Waals surface area contributed by atoms with Crippen molar-refractivity contribution in [2.24, 2.45) is 0 Å². The molecule has 0 spiro atoms. The second kappa shape index (κ2) is 15.2. The lowest BCUT2D eigenvalue weighted by atomic mass is 9.98. The Balaban J connectivity index is 1.80. The molecule has 1 aromatic heterocycles. The molecule has 0 aliphatic heterocycles. The average molecular weight is 671 g/mol. The van der Waals surface area contributed by atoms with Crippen LogP contribution >= 0.6 is 23.2 Å². The van der Waals surface area contributed by atoms with E-state index in [1.807, 2.05) is 42.0 Å². The molecule has 0 unspecified atom stereocenters. The van der Waals surface area contributed by atoms with Crippen molar-refractivity contribution in [3.63, 3.8) is 0 Å². The van der Waals surface area contributed by atoms with E-state index >= 15 is 0 Å². The Labute approximate surface area is 262 Å². The highest BCUT2D eigenvalue weighted by molar-refractivity contribution is 7.89. The lowest BCUT2D eigenvalue weighted by Gasteiger charge is -2.29. The van der Waals surface area contributed by atoms with Gasteiger partial charge in [0, 0.05) is 37.8 Å². The largest absolute Gasteiger partial charge is 0.480 e. The van der Waals surface area contributed by atoms with Crippen molar-refractivity contribution >= 4 is 55.0 Å². The summed E-state index contributed by atoms with van der Waals surface area (Å²) in [4.78, 5) is 27.1. The smallest absolute Gasteiger partial charge is 0.318 e. The minimum absolute atomic E-state index is 0.00549. The molecule has 0 aliphatic carbocycles. The van der Waals surface area contributed by atoms with Gasteiger partial charge in [-0.25, -0.2) is 21.6 Å². The third-order valence-corrected chi connectivity index (χ3v) is 11.1. The van der Waals surface area contributed by atoms with Crippen LogP contribution in [-0.4, -0.2) is 61.8 Å². The Morgan fingerprint density at radius 1 is 1.02 bits per heavy atom. The minimum atomic E-state index is -4.17. The monoisotopic (exact) mass is 669 g/mol.